The highest BCUT2D eigenvalue weighted by molar-refractivity contribution is 5.10. The van der Waals surface area contributed by atoms with Crippen LogP contribution in [0.5, 0.6) is 0 Å². The van der Waals surface area contributed by atoms with Crippen molar-refractivity contribution in [2.24, 2.45) is 0 Å². The second-order valence-electron chi connectivity index (χ2n) is 4.39. The van der Waals surface area contributed by atoms with E-state index < -0.39 is 0 Å². The SMILES string of the molecule is CC(C)c1ocnc1CN(CCO)CCCO. The van der Waals surface area contributed by atoms with Crippen LogP contribution in [0.25, 0.3) is 0 Å². The van der Waals surface area contributed by atoms with Crippen LogP contribution in [-0.2, 0) is 6.54 Å². The maximum atomic E-state index is 9.00. The van der Waals surface area contributed by atoms with Crippen LogP contribution in [0.3, 0.4) is 0 Å². The summed E-state index contributed by atoms with van der Waals surface area (Å²) in [6, 6.07) is 0. The Morgan fingerprint density at radius 3 is 2.65 bits per heavy atom. The monoisotopic (exact) mass is 242 g/mol. The molecule has 0 fully saturated rings. The van der Waals surface area contributed by atoms with Gasteiger partial charge in [0.15, 0.2) is 6.39 Å². The van der Waals surface area contributed by atoms with Gasteiger partial charge in [-0.25, -0.2) is 4.98 Å². The smallest absolute Gasteiger partial charge is 0.181 e. The van der Waals surface area contributed by atoms with Gasteiger partial charge in [0.2, 0.25) is 0 Å². The lowest BCUT2D eigenvalue weighted by Gasteiger charge is -2.20. The summed E-state index contributed by atoms with van der Waals surface area (Å²) < 4.78 is 5.36. The molecule has 98 valence electrons. The van der Waals surface area contributed by atoms with Gasteiger partial charge in [-0.1, -0.05) is 13.8 Å². The predicted octanol–water partition coefficient (Wildman–Crippen LogP) is 0.975. The van der Waals surface area contributed by atoms with Crippen molar-refractivity contribution in [1.82, 2.24) is 9.88 Å². The van der Waals surface area contributed by atoms with Crippen molar-refractivity contribution in [3.8, 4) is 0 Å². The van der Waals surface area contributed by atoms with Crippen molar-refractivity contribution in [2.75, 3.05) is 26.3 Å². The van der Waals surface area contributed by atoms with E-state index in [1.165, 1.54) is 6.39 Å². The van der Waals surface area contributed by atoms with Gasteiger partial charge >= 0.3 is 0 Å². The van der Waals surface area contributed by atoms with Crippen molar-refractivity contribution in [1.29, 1.82) is 0 Å². The van der Waals surface area contributed by atoms with Gasteiger partial charge in [0.05, 0.1) is 12.3 Å². The zero-order chi connectivity index (χ0) is 12.7. The number of hydrogen-bond donors (Lipinski definition) is 2. The third kappa shape index (κ3) is 4.46. The number of hydrogen-bond acceptors (Lipinski definition) is 5. The lowest BCUT2D eigenvalue weighted by molar-refractivity contribution is 0.172. The summed E-state index contributed by atoms with van der Waals surface area (Å²) in [5.41, 5.74) is 0.923. The zero-order valence-electron chi connectivity index (χ0n) is 10.6. The zero-order valence-corrected chi connectivity index (χ0v) is 10.6. The highest BCUT2D eigenvalue weighted by Crippen LogP contribution is 2.19. The first-order valence-corrected chi connectivity index (χ1v) is 6.05. The molecule has 1 aromatic rings. The molecule has 0 atom stereocenters. The van der Waals surface area contributed by atoms with E-state index in [4.69, 9.17) is 14.6 Å². The molecule has 2 N–H and O–H groups in total. The molecule has 0 bridgehead atoms. The van der Waals surface area contributed by atoms with E-state index in [9.17, 15) is 0 Å². The van der Waals surface area contributed by atoms with Gasteiger partial charge in [-0.3, -0.25) is 4.90 Å². The van der Waals surface area contributed by atoms with E-state index >= 15 is 0 Å². The van der Waals surface area contributed by atoms with Crippen LogP contribution < -0.4 is 0 Å². The lowest BCUT2D eigenvalue weighted by Crippen LogP contribution is -2.28. The molecule has 0 radical (unpaired) electrons. The third-order valence-electron chi connectivity index (χ3n) is 2.62. The Balaban J connectivity index is 2.61. The van der Waals surface area contributed by atoms with Gasteiger partial charge in [0.25, 0.3) is 0 Å². The average Bonchev–Trinajstić information content (AvgIpc) is 2.74. The molecule has 1 aromatic heterocycles. The number of aromatic nitrogens is 1. The second kappa shape index (κ2) is 7.42. The first-order valence-electron chi connectivity index (χ1n) is 6.05. The molecular formula is C12H22N2O3. The molecule has 0 saturated carbocycles. The summed E-state index contributed by atoms with van der Waals surface area (Å²) >= 11 is 0. The van der Waals surface area contributed by atoms with Gasteiger partial charge in [-0.2, -0.15) is 0 Å². The van der Waals surface area contributed by atoms with Crippen molar-refractivity contribution >= 4 is 0 Å². The van der Waals surface area contributed by atoms with E-state index in [1.807, 2.05) is 0 Å². The number of aliphatic hydroxyl groups is 2. The molecule has 0 saturated heterocycles. The van der Waals surface area contributed by atoms with Crippen molar-refractivity contribution in [3.05, 3.63) is 17.8 Å². The van der Waals surface area contributed by atoms with Gasteiger partial charge in [0, 0.05) is 32.2 Å². The van der Waals surface area contributed by atoms with E-state index in [-0.39, 0.29) is 13.2 Å². The fourth-order valence-corrected chi connectivity index (χ4v) is 1.78. The van der Waals surface area contributed by atoms with Crippen LogP contribution in [0.15, 0.2) is 10.8 Å². The maximum Gasteiger partial charge on any atom is 0.181 e. The van der Waals surface area contributed by atoms with Crippen LogP contribution in [-0.4, -0.2) is 46.4 Å². The number of aliphatic hydroxyl groups excluding tert-OH is 2. The fourth-order valence-electron chi connectivity index (χ4n) is 1.78. The van der Waals surface area contributed by atoms with Crippen LogP contribution in [0.2, 0.25) is 0 Å². The molecule has 17 heavy (non-hydrogen) atoms. The van der Waals surface area contributed by atoms with Crippen LogP contribution in [0, 0.1) is 0 Å². The van der Waals surface area contributed by atoms with Crippen molar-refractivity contribution in [2.45, 2.75) is 32.7 Å². The Bertz CT molecular complexity index is 312. The Kier molecular flexibility index (Phi) is 6.18. The Morgan fingerprint density at radius 2 is 2.06 bits per heavy atom. The van der Waals surface area contributed by atoms with E-state index in [2.05, 4.69) is 23.7 Å². The molecule has 0 unspecified atom stereocenters. The quantitative estimate of drug-likeness (QED) is 0.711. The predicted molar refractivity (Wildman–Crippen MR) is 64.7 cm³/mol. The number of oxazole rings is 1. The normalized spacial score (nSPS) is 11.6. The fraction of sp³-hybridized carbons (Fsp3) is 0.750. The van der Waals surface area contributed by atoms with Gasteiger partial charge in [-0.05, 0) is 6.42 Å². The molecule has 0 aliphatic carbocycles. The van der Waals surface area contributed by atoms with Gasteiger partial charge in [0.1, 0.15) is 5.76 Å². The molecule has 1 rings (SSSR count). The number of nitrogens with zero attached hydrogens (tertiary/aromatic N) is 2. The summed E-state index contributed by atoms with van der Waals surface area (Å²) in [4.78, 5) is 6.28. The molecule has 5 nitrogen and oxygen atoms in total. The second-order valence-corrected chi connectivity index (χ2v) is 4.39. The largest absolute Gasteiger partial charge is 0.448 e. The minimum absolute atomic E-state index is 0.111. The van der Waals surface area contributed by atoms with Crippen molar-refractivity contribution < 1.29 is 14.6 Å². The van der Waals surface area contributed by atoms with Crippen LogP contribution in [0.1, 0.15) is 37.6 Å². The summed E-state index contributed by atoms with van der Waals surface area (Å²) in [5, 5.41) is 17.8. The van der Waals surface area contributed by atoms with Gasteiger partial charge < -0.3 is 14.6 Å². The number of rotatable bonds is 8. The summed E-state index contributed by atoms with van der Waals surface area (Å²) in [6.45, 7) is 6.40. The molecule has 1 heterocycles. The Labute approximate surface area is 102 Å². The first-order chi connectivity index (χ1) is 8.19. The standard InChI is InChI=1S/C12H22N2O3/c1-10(2)12-11(13-9-17-12)8-14(5-7-16)4-3-6-15/h9-10,15-16H,3-8H2,1-2H3. The average molecular weight is 242 g/mol. The molecule has 5 heteroatoms. The minimum atomic E-state index is 0.111. The van der Waals surface area contributed by atoms with E-state index in [1.54, 1.807) is 0 Å². The third-order valence-corrected chi connectivity index (χ3v) is 2.62. The van der Waals surface area contributed by atoms with E-state index in [0.717, 1.165) is 18.0 Å². The molecule has 0 amide bonds. The molecule has 0 aliphatic heterocycles. The topological polar surface area (TPSA) is 69.7 Å². The summed E-state index contributed by atoms with van der Waals surface area (Å²) in [6.07, 6.45) is 2.17. The first kappa shape index (κ1) is 14.2. The summed E-state index contributed by atoms with van der Waals surface area (Å²) in [7, 11) is 0. The Hall–Kier alpha value is -0.910. The van der Waals surface area contributed by atoms with Crippen LogP contribution in [0.4, 0.5) is 0 Å². The summed E-state index contributed by atoms with van der Waals surface area (Å²) in [5.74, 6) is 1.21. The van der Waals surface area contributed by atoms with Crippen molar-refractivity contribution in [3.63, 3.8) is 0 Å². The molecule has 0 aliphatic rings. The van der Waals surface area contributed by atoms with Gasteiger partial charge in [-0.15, -0.1) is 0 Å². The lowest BCUT2D eigenvalue weighted by atomic mass is 10.1. The van der Waals surface area contributed by atoms with Crippen LogP contribution >= 0.6 is 0 Å². The molecule has 0 spiro atoms. The maximum absolute atomic E-state index is 9.00. The van der Waals surface area contributed by atoms with E-state index in [0.29, 0.717) is 25.4 Å². The minimum Gasteiger partial charge on any atom is -0.448 e. The molecular weight excluding hydrogens is 220 g/mol. The molecule has 0 aromatic carbocycles. The highest BCUT2D eigenvalue weighted by atomic mass is 16.3. The Morgan fingerprint density at radius 1 is 1.29 bits per heavy atom. The highest BCUT2D eigenvalue weighted by Gasteiger charge is 2.15.